The van der Waals surface area contributed by atoms with Crippen molar-refractivity contribution in [2.45, 2.75) is 11.8 Å². The Bertz CT molecular complexity index is 762. The lowest BCUT2D eigenvalue weighted by atomic mass is 10.2. The number of halogens is 2. The van der Waals surface area contributed by atoms with Crippen LogP contribution in [0.2, 0.25) is 0 Å². The molecule has 0 unspecified atom stereocenters. The van der Waals surface area contributed by atoms with E-state index in [1.807, 2.05) is 0 Å². The second-order valence-corrected chi connectivity index (χ2v) is 6.54. The second kappa shape index (κ2) is 5.51. The van der Waals surface area contributed by atoms with Crippen molar-refractivity contribution in [2.75, 3.05) is 0 Å². The summed E-state index contributed by atoms with van der Waals surface area (Å²) >= 11 is 3.17. The van der Waals surface area contributed by atoms with E-state index in [2.05, 4.69) is 15.9 Å². The van der Waals surface area contributed by atoms with Crippen molar-refractivity contribution in [3.05, 3.63) is 52.3 Å². The summed E-state index contributed by atoms with van der Waals surface area (Å²) in [5.74, 6) is -0.106. The van der Waals surface area contributed by atoms with Crippen molar-refractivity contribution in [1.82, 2.24) is 0 Å². The van der Waals surface area contributed by atoms with Gasteiger partial charge in [-0.15, -0.1) is 0 Å². The Hall–Kier alpha value is -1.44. The Labute approximate surface area is 124 Å². The van der Waals surface area contributed by atoms with Crippen molar-refractivity contribution < 1.29 is 17.5 Å². The third kappa shape index (κ3) is 3.17. The van der Waals surface area contributed by atoms with Crippen LogP contribution < -0.4 is 9.88 Å². The molecule has 2 rings (SSSR count). The quantitative estimate of drug-likeness (QED) is 0.913. The lowest BCUT2D eigenvalue weighted by Crippen LogP contribution is -2.11. The van der Waals surface area contributed by atoms with Crippen molar-refractivity contribution in [1.29, 1.82) is 0 Å². The van der Waals surface area contributed by atoms with Crippen LogP contribution in [-0.4, -0.2) is 8.42 Å². The number of ether oxygens (including phenoxy) is 1. The van der Waals surface area contributed by atoms with Crippen molar-refractivity contribution in [3.8, 4) is 11.5 Å². The summed E-state index contributed by atoms with van der Waals surface area (Å²) in [7, 11) is -3.79. The highest BCUT2D eigenvalue weighted by Crippen LogP contribution is 2.33. The summed E-state index contributed by atoms with van der Waals surface area (Å²) in [5, 5.41) is 5.02. The summed E-state index contributed by atoms with van der Waals surface area (Å²) in [6.07, 6.45) is 0. The molecule has 20 heavy (non-hydrogen) atoms. The molecule has 0 amide bonds. The van der Waals surface area contributed by atoms with Gasteiger partial charge in [0, 0.05) is 0 Å². The molecule has 0 heterocycles. The van der Waals surface area contributed by atoms with Crippen molar-refractivity contribution in [2.24, 2.45) is 5.14 Å². The van der Waals surface area contributed by atoms with Crippen LogP contribution in [0.15, 0.2) is 45.8 Å². The van der Waals surface area contributed by atoms with Gasteiger partial charge in [-0.25, -0.2) is 17.9 Å². The van der Waals surface area contributed by atoms with Gasteiger partial charge in [0.25, 0.3) is 0 Å². The first-order valence-corrected chi connectivity index (χ1v) is 7.88. The molecular formula is C13H11BrFNO3S. The fraction of sp³-hybridized carbons (Fsp3) is 0.0769. The smallest absolute Gasteiger partial charge is 0.238 e. The molecule has 0 spiro atoms. The van der Waals surface area contributed by atoms with Crippen LogP contribution in [-0.2, 0) is 10.0 Å². The molecule has 0 bridgehead atoms. The molecule has 0 aliphatic carbocycles. The SMILES string of the molecule is Cc1cccc(Oc2ccc(S(N)(=O)=O)cc2Br)c1F. The summed E-state index contributed by atoms with van der Waals surface area (Å²) in [6.45, 7) is 1.63. The van der Waals surface area contributed by atoms with E-state index < -0.39 is 15.8 Å². The van der Waals surface area contributed by atoms with Crippen LogP contribution in [0.4, 0.5) is 4.39 Å². The van der Waals surface area contributed by atoms with Crippen LogP contribution in [0.25, 0.3) is 0 Å². The predicted octanol–water partition coefficient (Wildman–Crippen LogP) is 3.34. The van der Waals surface area contributed by atoms with Gasteiger partial charge in [-0.1, -0.05) is 12.1 Å². The second-order valence-electron chi connectivity index (χ2n) is 4.13. The Balaban J connectivity index is 2.38. The Morgan fingerprint density at radius 3 is 2.50 bits per heavy atom. The predicted molar refractivity (Wildman–Crippen MR) is 76.7 cm³/mol. The minimum Gasteiger partial charge on any atom is -0.453 e. The average Bonchev–Trinajstić information content (AvgIpc) is 2.36. The first-order valence-electron chi connectivity index (χ1n) is 5.54. The molecular weight excluding hydrogens is 349 g/mol. The van der Waals surface area contributed by atoms with E-state index in [1.165, 1.54) is 24.3 Å². The molecule has 2 aromatic carbocycles. The zero-order chi connectivity index (χ0) is 14.9. The molecule has 2 N–H and O–H groups in total. The van der Waals surface area contributed by atoms with Crippen LogP contribution in [0.3, 0.4) is 0 Å². The molecule has 0 saturated heterocycles. The maximum absolute atomic E-state index is 13.8. The van der Waals surface area contributed by atoms with Gasteiger partial charge < -0.3 is 4.74 Å². The minimum absolute atomic E-state index is 0.0542. The third-order valence-electron chi connectivity index (χ3n) is 2.61. The van der Waals surface area contributed by atoms with Gasteiger partial charge >= 0.3 is 0 Å². The highest BCUT2D eigenvalue weighted by Gasteiger charge is 2.13. The van der Waals surface area contributed by atoms with E-state index in [4.69, 9.17) is 9.88 Å². The number of nitrogens with two attached hydrogens (primary N) is 1. The minimum atomic E-state index is -3.79. The molecule has 0 saturated carbocycles. The van der Waals surface area contributed by atoms with Gasteiger partial charge in [0.15, 0.2) is 11.6 Å². The van der Waals surface area contributed by atoms with Gasteiger partial charge in [0.2, 0.25) is 10.0 Å². The van der Waals surface area contributed by atoms with Crippen molar-refractivity contribution >= 4 is 26.0 Å². The van der Waals surface area contributed by atoms with Crippen LogP contribution in [0.1, 0.15) is 5.56 Å². The number of rotatable bonds is 3. The number of benzene rings is 2. The van der Waals surface area contributed by atoms with Gasteiger partial charge in [-0.05, 0) is 52.7 Å². The van der Waals surface area contributed by atoms with Crippen molar-refractivity contribution in [3.63, 3.8) is 0 Å². The highest BCUT2D eigenvalue weighted by atomic mass is 79.9. The monoisotopic (exact) mass is 359 g/mol. The molecule has 0 aromatic heterocycles. The van der Waals surface area contributed by atoms with Gasteiger partial charge in [-0.3, -0.25) is 0 Å². The maximum atomic E-state index is 13.8. The Morgan fingerprint density at radius 1 is 1.20 bits per heavy atom. The molecule has 4 nitrogen and oxygen atoms in total. The highest BCUT2D eigenvalue weighted by molar-refractivity contribution is 9.10. The summed E-state index contributed by atoms with van der Waals surface area (Å²) < 4.78 is 42.0. The molecule has 0 aliphatic rings. The van der Waals surface area contributed by atoms with Gasteiger partial charge in [0.05, 0.1) is 9.37 Å². The Morgan fingerprint density at radius 2 is 1.90 bits per heavy atom. The number of primary sulfonamides is 1. The van der Waals surface area contributed by atoms with E-state index in [0.29, 0.717) is 15.8 Å². The lowest BCUT2D eigenvalue weighted by Gasteiger charge is -2.10. The largest absolute Gasteiger partial charge is 0.453 e. The normalized spacial score (nSPS) is 11.4. The molecule has 0 aliphatic heterocycles. The van der Waals surface area contributed by atoms with E-state index in [-0.39, 0.29) is 10.6 Å². The fourth-order valence-corrected chi connectivity index (χ4v) is 2.71. The Kier molecular flexibility index (Phi) is 4.12. The van der Waals surface area contributed by atoms with E-state index in [9.17, 15) is 12.8 Å². The number of sulfonamides is 1. The van der Waals surface area contributed by atoms with E-state index in [1.54, 1.807) is 19.1 Å². The first kappa shape index (κ1) is 15.0. The van der Waals surface area contributed by atoms with Gasteiger partial charge in [-0.2, -0.15) is 0 Å². The zero-order valence-electron chi connectivity index (χ0n) is 10.4. The number of hydrogen-bond acceptors (Lipinski definition) is 3. The average molecular weight is 360 g/mol. The summed E-state index contributed by atoms with van der Waals surface area (Å²) in [4.78, 5) is -0.0542. The maximum Gasteiger partial charge on any atom is 0.238 e. The molecule has 106 valence electrons. The first-order chi connectivity index (χ1) is 9.29. The van der Waals surface area contributed by atoms with Crippen LogP contribution >= 0.6 is 15.9 Å². The summed E-state index contributed by atoms with van der Waals surface area (Å²) in [5.41, 5.74) is 0.458. The van der Waals surface area contributed by atoms with E-state index >= 15 is 0 Å². The molecule has 0 atom stereocenters. The van der Waals surface area contributed by atoms with Gasteiger partial charge in [0.1, 0.15) is 5.75 Å². The number of hydrogen-bond donors (Lipinski definition) is 1. The molecule has 7 heteroatoms. The summed E-state index contributed by atoms with van der Waals surface area (Å²) in [6, 6.07) is 8.79. The zero-order valence-corrected chi connectivity index (χ0v) is 12.8. The lowest BCUT2D eigenvalue weighted by molar-refractivity contribution is 0.437. The molecule has 2 aromatic rings. The third-order valence-corrected chi connectivity index (χ3v) is 4.14. The van der Waals surface area contributed by atoms with Crippen LogP contribution in [0, 0.1) is 12.7 Å². The number of aryl methyl sites for hydroxylation is 1. The standard InChI is InChI=1S/C13H11BrFNO3S/c1-8-3-2-4-12(13(8)15)19-11-6-5-9(7-10(11)14)20(16,17)18/h2-7H,1H3,(H2,16,17,18). The van der Waals surface area contributed by atoms with Crippen LogP contribution in [0.5, 0.6) is 11.5 Å². The molecule has 0 radical (unpaired) electrons. The fourth-order valence-electron chi connectivity index (χ4n) is 1.56. The molecule has 0 fully saturated rings. The topological polar surface area (TPSA) is 69.4 Å². The van der Waals surface area contributed by atoms with E-state index in [0.717, 1.165) is 0 Å².